The fourth-order valence-electron chi connectivity index (χ4n) is 0.807. The Labute approximate surface area is 59.4 Å². The quantitative estimate of drug-likeness (QED) is 0.641. The van der Waals surface area contributed by atoms with Crippen LogP contribution in [0.4, 0.5) is 0 Å². The van der Waals surface area contributed by atoms with Crippen LogP contribution in [0.15, 0.2) is 0 Å². The summed E-state index contributed by atoms with van der Waals surface area (Å²) in [6.45, 7) is 4.10. The predicted molar refractivity (Wildman–Crippen MR) is 41.3 cm³/mol. The van der Waals surface area contributed by atoms with Crippen molar-refractivity contribution in [2.75, 3.05) is 0 Å². The van der Waals surface area contributed by atoms with Gasteiger partial charge in [-0.1, -0.05) is 20.3 Å². The molecule has 0 radical (unpaired) electrons. The maximum absolute atomic E-state index is 10.7. The zero-order chi connectivity index (χ0) is 7.28. The zero-order valence-corrected chi connectivity index (χ0v) is 6.91. The lowest BCUT2D eigenvalue weighted by Crippen LogP contribution is -2.20. The van der Waals surface area contributed by atoms with Crippen molar-refractivity contribution in [3.63, 3.8) is 0 Å². The van der Waals surface area contributed by atoms with E-state index in [0.717, 1.165) is 19.3 Å². The van der Waals surface area contributed by atoms with E-state index in [2.05, 4.69) is 6.92 Å². The van der Waals surface area contributed by atoms with Crippen LogP contribution in [0.3, 0.4) is 0 Å². The summed E-state index contributed by atoms with van der Waals surface area (Å²) in [5.41, 5.74) is 0. The Morgan fingerprint density at radius 3 is 2.22 bits per heavy atom. The summed E-state index contributed by atoms with van der Waals surface area (Å²) in [6, 6.07) is 0. The SMILES string of the molecule is CCCC(CC)S(N)=O. The molecule has 0 aliphatic carbocycles. The highest BCUT2D eigenvalue weighted by molar-refractivity contribution is 7.83. The highest BCUT2D eigenvalue weighted by Crippen LogP contribution is 2.05. The molecule has 2 atom stereocenters. The number of nitrogens with two attached hydrogens (primary N) is 1. The zero-order valence-electron chi connectivity index (χ0n) is 6.09. The summed E-state index contributed by atoms with van der Waals surface area (Å²) >= 11 is 0. The van der Waals surface area contributed by atoms with Gasteiger partial charge < -0.3 is 0 Å². The standard InChI is InChI=1S/C6H15NOS/c1-3-5-6(4-2)9(7)8/h6H,3-5,7H2,1-2H3. The lowest BCUT2D eigenvalue weighted by molar-refractivity contribution is 0.644. The van der Waals surface area contributed by atoms with Crippen LogP contribution in [0, 0.1) is 0 Å². The molecule has 0 aromatic rings. The van der Waals surface area contributed by atoms with Gasteiger partial charge in [-0.25, -0.2) is 4.21 Å². The Balaban J connectivity index is 3.54. The highest BCUT2D eigenvalue weighted by Gasteiger charge is 2.08. The van der Waals surface area contributed by atoms with Crippen LogP contribution < -0.4 is 5.14 Å². The Morgan fingerprint density at radius 1 is 1.56 bits per heavy atom. The van der Waals surface area contributed by atoms with Crippen molar-refractivity contribution >= 4 is 11.0 Å². The summed E-state index contributed by atoms with van der Waals surface area (Å²) in [4.78, 5) is 0. The van der Waals surface area contributed by atoms with Gasteiger partial charge in [-0.3, -0.25) is 5.14 Å². The van der Waals surface area contributed by atoms with Gasteiger partial charge >= 0.3 is 0 Å². The fourth-order valence-corrected chi connectivity index (χ4v) is 1.60. The molecule has 0 aromatic heterocycles. The van der Waals surface area contributed by atoms with Gasteiger partial charge in [0.1, 0.15) is 0 Å². The summed E-state index contributed by atoms with van der Waals surface area (Å²) < 4.78 is 10.7. The van der Waals surface area contributed by atoms with E-state index in [9.17, 15) is 4.21 Å². The van der Waals surface area contributed by atoms with Crippen molar-refractivity contribution in [1.82, 2.24) is 0 Å². The van der Waals surface area contributed by atoms with Crippen LogP contribution in [0.25, 0.3) is 0 Å². The minimum absolute atomic E-state index is 0.218. The number of hydrogen-bond donors (Lipinski definition) is 1. The molecule has 0 bridgehead atoms. The normalized spacial score (nSPS) is 17.2. The highest BCUT2D eigenvalue weighted by atomic mass is 32.2. The fraction of sp³-hybridized carbons (Fsp3) is 1.00. The molecule has 0 rings (SSSR count). The summed E-state index contributed by atoms with van der Waals surface area (Å²) in [5.74, 6) is 0. The third-order valence-electron chi connectivity index (χ3n) is 1.39. The van der Waals surface area contributed by atoms with Gasteiger partial charge in [-0.2, -0.15) is 0 Å². The molecule has 0 aliphatic rings. The van der Waals surface area contributed by atoms with E-state index in [-0.39, 0.29) is 5.25 Å². The molecule has 3 heteroatoms. The molecule has 0 amide bonds. The van der Waals surface area contributed by atoms with Gasteiger partial charge in [0.05, 0.1) is 11.0 Å². The van der Waals surface area contributed by atoms with Gasteiger partial charge in [0.25, 0.3) is 0 Å². The molecule has 0 spiro atoms. The van der Waals surface area contributed by atoms with Gasteiger partial charge in [0.15, 0.2) is 0 Å². The molecule has 0 saturated carbocycles. The van der Waals surface area contributed by atoms with Crippen LogP contribution in [0.1, 0.15) is 33.1 Å². The summed E-state index contributed by atoms with van der Waals surface area (Å²) in [5, 5.41) is 5.42. The molecule has 0 heterocycles. The van der Waals surface area contributed by atoms with Crippen molar-refractivity contribution in [2.45, 2.75) is 38.4 Å². The molecule has 2 N–H and O–H groups in total. The summed E-state index contributed by atoms with van der Waals surface area (Å²) in [7, 11) is -1.10. The molecular weight excluding hydrogens is 134 g/mol. The lowest BCUT2D eigenvalue weighted by Gasteiger charge is -2.07. The van der Waals surface area contributed by atoms with Crippen molar-refractivity contribution in [3.8, 4) is 0 Å². The number of hydrogen-bond acceptors (Lipinski definition) is 1. The van der Waals surface area contributed by atoms with E-state index in [1.807, 2.05) is 6.92 Å². The van der Waals surface area contributed by atoms with Gasteiger partial charge in [-0.05, 0) is 12.8 Å². The minimum atomic E-state index is -1.10. The van der Waals surface area contributed by atoms with Crippen LogP contribution in [0.5, 0.6) is 0 Å². The van der Waals surface area contributed by atoms with Gasteiger partial charge in [0, 0.05) is 5.25 Å². The van der Waals surface area contributed by atoms with Crippen LogP contribution in [-0.2, 0) is 11.0 Å². The van der Waals surface area contributed by atoms with Gasteiger partial charge in [0.2, 0.25) is 0 Å². The first-order valence-corrected chi connectivity index (χ1v) is 4.64. The smallest absolute Gasteiger partial charge is 0.0919 e. The average molecular weight is 149 g/mol. The first-order chi connectivity index (χ1) is 4.22. The molecule has 0 saturated heterocycles. The Bertz CT molecular complexity index is 95.1. The molecule has 56 valence electrons. The maximum atomic E-state index is 10.7. The maximum Gasteiger partial charge on any atom is 0.0919 e. The largest absolute Gasteiger partial charge is 0.252 e. The summed E-state index contributed by atoms with van der Waals surface area (Å²) in [6.07, 6.45) is 2.98. The molecular formula is C6H15NOS. The van der Waals surface area contributed by atoms with Crippen molar-refractivity contribution in [3.05, 3.63) is 0 Å². The molecule has 0 aromatic carbocycles. The Hall–Kier alpha value is 0.110. The first-order valence-electron chi connectivity index (χ1n) is 3.37. The third-order valence-corrected chi connectivity index (χ3v) is 2.62. The van der Waals surface area contributed by atoms with Crippen molar-refractivity contribution in [2.24, 2.45) is 5.14 Å². The first kappa shape index (κ1) is 9.11. The Kier molecular flexibility index (Phi) is 5.00. The monoisotopic (exact) mass is 149 g/mol. The van der Waals surface area contributed by atoms with Crippen LogP contribution >= 0.6 is 0 Å². The molecule has 0 fully saturated rings. The third kappa shape index (κ3) is 3.65. The van der Waals surface area contributed by atoms with Crippen LogP contribution in [0.2, 0.25) is 0 Å². The Morgan fingerprint density at radius 2 is 2.11 bits per heavy atom. The lowest BCUT2D eigenvalue weighted by atomic mass is 10.2. The second-order valence-corrected chi connectivity index (χ2v) is 3.47. The van der Waals surface area contributed by atoms with E-state index in [4.69, 9.17) is 5.14 Å². The predicted octanol–water partition coefficient (Wildman–Crippen LogP) is 1.19. The molecule has 2 unspecified atom stereocenters. The van der Waals surface area contributed by atoms with Gasteiger partial charge in [-0.15, -0.1) is 0 Å². The molecule has 9 heavy (non-hydrogen) atoms. The van der Waals surface area contributed by atoms with E-state index in [0.29, 0.717) is 0 Å². The van der Waals surface area contributed by atoms with Crippen molar-refractivity contribution < 1.29 is 4.21 Å². The minimum Gasteiger partial charge on any atom is -0.252 e. The topological polar surface area (TPSA) is 43.1 Å². The second kappa shape index (κ2) is 4.94. The van der Waals surface area contributed by atoms with Crippen molar-refractivity contribution in [1.29, 1.82) is 0 Å². The van der Waals surface area contributed by atoms with Crippen LogP contribution in [-0.4, -0.2) is 9.46 Å². The molecule has 2 nitrogen and oxygen atoms in total. The van der Waals surface area contributed by atoms with E-state index in [1.54, 1.807) is 0 Å². The average Bonchev–Trinajstić information content (AvgIpc) is 1.82. The van der Waals surface area contributed by atoms with E-state index < -0.39 is 11.0 Å². The molecule has 0 aliphatic heterocycles. The number of rotatable bonds is 4. The van der Waals surface area contributed by atoms with E-state index >= 15 is 0 Å². The van der Waals surface area contributed by atoms with E-state index in [1.165, 1.54) is 0 Å². The second-order valence-electron chi connectivity index (χ2n) is 2.15.